The zero-order valence-electron chi connectivity index (χ0n) is 9.25. The Morgan fingerprint density at radius 2 is 2.21 bits per heavy atom. The van der Waals surface area contributed by atoms with Crippen LogP contribution in [0.25, 0.3) is 0 Å². The fraction of sp³-hybridized carbons (Fsp3) is 0. The van der Waals surface area contributed by atoms with Gasteiger partial charge < -0.3 is 5.73 Å². The summed E-state index contributed by atoms with van der Waals surface area (Å²) in [5.41, 5.74) is 6.16. The molecule has 0 saturated heterocycles. The highest BCUT2D eigenvalue weighted by molar-refractivity contribution is 7.85. The Labute approximate surface area is 107 Å². The van der Waals surface area contributed by atoms with E-state index in [9.17, 15) is 12.8 Å². The topological polar surface area (TPSA) is 152 Å². The number of anilines is 1. The van der Waals surface area contributed by atoms with Crippen molar-refractivity contribution in [2.45, 2.75) is 4.90 Å². The molecule has 0 aliphatic heterocycles. The van der Waals surface area contributed by atoms with Gasteiger partial charge in [-0.3, -0.25) is 15.4 Å². The third-order valence-electron chi connectivity index (χ3n) is 1.88. The normalized spacial score (nSPS) is 11.7. The van der Waals surface area contributed by atoms with Gasteiger partial charge in [-0.05, 0) is 18.2 Å². The number of halogens is 1. The van der Waals surface area contributed by atoms with E-state index in [1.54, 1.807) is 0 Å². The predicted octanol–water partition coefficient (Wildman–Crippen LogP) is 0.300. The van der Waals surface area contributed by atoms with E-state index in [4.69, 9.17) is 21.0 Å². The summed E-state index contributed by atoms with van der Waals surface area (Å²) in [7, 11) is -4.49. The highest BCUT2D eigenvalue weighted by Crippen LogP contribution is 2.19. The molecular formula is C9H8FN5O3S. The van der Waals surface area contributed by atoms with Crippen molar-refractivity contribution in [1.82, 2.24) is 0 Å². The van der Waals surface area contributed by atoms with Crippen molar-refractivity contribution < 1.29 is 17.4 Å². The molecule has 0 spiro atoms. The summed E-state index contributed by atoms with van der Waals surface area (Å²) in [6.45, 7) is 0. The number of nitrogens with zero attached hydrogens (tertiary/aromatic N) is 2. The summed E-state index contributed by atoms with van der Waals surface area (Å²) in [6, 6.07) is 3.91. The maximum absolute atomic E-state index is 13.3. The van der Waals surface area contributed by atoms with E-state index in [0.29, 0.717) is 0 Å². The second kappa shape index (κ2) is 5.42. The van der Waals surface area contributed by atoms with E-state index in [2.05, 4.69) is 10.5 Å². The first-order valence-corrected chi connectivity index (χ1v) is 6.05. The molecule has 0 fully saturated rings. The number of nitrogens with one attached hydrogen (secondary N) is 2. The molecule has 0 unspecified atom stereocenters. The number of nitrogens with two attached hydrogens (primary N) is 1. The monoisotopic (exact) mass is 285 g/mol. The fourth-order valence-electron chi connectivity index (χ4n) is 1.01. The highest BCUT2D eigenvalue weighted by Gasteiger charge is 2.13. The molecule has 0 aliphatic carbocycles. The molecule has 0 aliphatic rings. The van der Waals surface area contributed by atoms with E-state index >= 15 is 0 Å². The van der Waals surface area contributed by atoms with Gasteiger partial charge in [-0.15, -0.1) is 0 Å². The number of hydrogen-bond acceptors (Lipinski definition) is 6. The van der Waals surface area contributed by atoms with Crippen molar-refractivity contribution in [1.29, 1.82) is 10.7 Å². The van der Waals surface area contributed by atoms with E-state index in [-0.39, 0.29) is 0 Å². The quantitative estimate of drug-likeness (QED) is 0.270. The molecule has 19 heavy (non-hydrogen) atoms. The largest absolute Gasteiger partial charge is 0.382 e. The summed E-state index contributed by atoms with van der Waals surface area (Å²) in [5.74, 6) is -1.50. The molecule has 100 valence electrons. The molecule has 1 aromatic rings. The number of benzene rings is 1. The Morgan fingerprint density at radius 1 is 1.58 bits per heavy atom. The zero-order valence-corrected chi connectivity index (χ0v) is 10.1. The van der Waals surface area contributed by atoms with Gasteiger partial charge in [0.15, 0.2) is 5.84 Å². The SMILES string of the molecule is N#C/C(=N\Nc1cc(S(=O)(=O)O)ccc1F)C(=N)N. The van der Waals surface area contributed by atoms with E-state index < -0.39 is 38.1 Å². The molecular weight excluding hydrogens is 277 g/mol. The summed E-state index contributed by atoms with van der Waals surface area (Å²) < 4.78 is 43.9. The molecule has 0 heterocycles. The van der Waals surface area contributed by atoms with Crippen LogP contribution >= 0.6 is 0 Å². The molecule has 0 aromatic heterocycles. The third-order valence-corrected chi connectivity index (χ3v) is 2.73. The lowest BCUT2D eigenvalue weighted by Gasteiger charge is -2.04. The molecule has 1 aromatic carbocycles. The van der Waals surface area contributed by atoms with Crippen LogP contribution in [0.5, 0.6) is 0 Å². The van der Waals surface area contributed by atoms with Crippen LogP contribution in [0.3, 0.4) is 0 Å². The Kier molecular flexibility index (Phi) is 4.15. The lowest BCUT2D eigenvalue weighted by Crippen LogP contribution is -2.22. The van der Waals surface area contributed by atoms with Crippen LogP contribution < -0.4 is 11.2 Å². The first-order chi connectivity index (χ1) is 8.75. The van der Waals surface area contributed by atoms with E-state index in [0.717, 1.165) is 18.2 Å². The molecule has 0 atom stereocenters. The van der Waals surface area contributed by atoms with Crippen LogP contribution in [0.4, 0.5) is 10.1 Å². The van der Waals surface area contributed by atoms with E-state index in [1.165, 1.54) is 6.07 Å². The Bertz CT molecular complexity index is 692. The number of amidine groups is 1. The van der Waals surface area contributed by atoms with Crippen LogP contribution in [0, 0.1) is 22.6 Å². The molecule has 0 amide bonds. The van der Waals surface area contributed by atoms with Gasteiger partial charge in [0.1, 0.15) is 11.9 Å². The van der Waals surface area contributed by atoms with Crippen molar-refractivity contribution in [2.75, 3.05) is 5.43 Å². The molecule has 0 bridgehead atoms. The predicted molar refractivity (Wildman–Crippen MR) is 64.8 cm³/mol. The first-order valence-electron chi connectivity index (χ1n) is 4.61. The number of hydrogen-bond donors (Lipinski definition) is 4. The van der Waals surface area contributed by atoms with Gasteiger partial charge in [0.05, 0.1) is 10.6 Å². The molecule has 8 nitrogen and oxygen atoms in total. The van der Waals surface area contributed by atoms with Crippen LogP contribution in [-0.2, 0) is 10.1 Å². The van der Waals surface area contributed by atoms with Gasteiger partial charge >= 0.3 is 0 Å². The van der Waals surface area contributed by atoms with Crippen LogP contribution in [-0.4, -0.2) is 24.5 Å². The Hall–Kier alpha value is -2.51. The van der Waals surface area contributed by atoms with Crippen molar-refractivity contribution in [2.24, 2.45) is 10.8 Å². The van der Waals surface area contributed by atoms with Crippen molar-refractivity contribution >= 4 is 27.4 Å². The summed E-state index contributed by atoms with van der Waals surface area (Å²) in [4.78, 5) is -0.548. The zero-order chi connectivity index (χ0) is 14.6. The minimum absolute atomic E-state index is 0.399. The van der Waals surface area contributed by atoms with Crippen molar-refractivity contribution in [3.63, 3.8) is 0 Å². The van der Waals surface area contributed by atoms with Gasteiger partial charge in [0.2, 0.25) is 5.71 Å². The number of hydrazone groups is 1. The van der Waals surface area contributed by atoms with Gasteiger partial charge in [-0.1, -0.05) is 0 Å². The first kappa shape index (κ1) is 14.6. The summed E-state index contributed by atoms with van der Waals surface area (Å²) >= 11 is 0. The minimum atomic E-state index is -4.49. The van der Waals surface area contributed by atoms with Crippen LogP contribution in [0.1, 0.15) is 0 Å². The van der Waals surface area contributed by atoms with Crippen molar-refractivity contribution in [3.05, 3.63) is 24.0 Å². The smallest absolute Gasteiger partial charge is 0.294 e. The fourth-order valence-corrected chi connectivity index (χ4v) is 1.52. The molecule has 0 saturated carbocycles. The lowest BCUT2D eigenvalue weighted by molar-refractivity contribution is 0.483. The van der Waals surface area contributed by atoms with Crippen molar-refractivity contribution in [3.8, 4) is 6.07 Å². The minimum Gasteiger partial charge on any atom is -0.382 e. The number of rotatable bonds is 4. The number of nitriles is 1. The molecule has 1 rings (SSSR count). The summed E-state index contributed by atoms with van der Waals surface area (Å²) in [6.07, 6.45) is 0. The van der Waals surface area contributed by atoms with Gasteiger partial charge in [0, 0.05) is 0 Å². The molecule has 0 radical (unpaired) electrons. The van der Waals surface area contributed by atoms with Gasteiger partial charge in [0.25, 0.3) is 10.1 Å². The maximum Gasteiger partial charge on any atom is 0.294 e. The Morgan fingerprint density at radius 3 is 2.68 bits per heavy atom. The van der Waals surface area contributed by atoms with Crippen LogP contribution in [0.15, 0.2) is 28.2 Å². The summed E-state index contributed by atoms with van der Waals surface area (Å²) in [5, 5.41) is 18.9. The van der Waals surface area contributed by atoms with E-state index in [1.807, 2.05) is 0 Å². The molecule has 10 heteroatoms. The third kappa shape index (κ3) is 3.73. The Balaban J connectivity index is 3.16. The average Bonchev–Trinajstić information content (AvgIpc) is 2.30. The second-order valence-corrected chi connectivity index (χ2v) is 4.64. The standard InChI is InChI=1S/C9H8FN5O3S/c10-6-2-1-5(19(16,17)18)3-7(6)14-15-8(4-11)9(12)13/h1-3,14H,(H3,12,13)(H,16,17,18)/b15-8+. The maximum atomic E-state index is 13.3. The van der Waals surface area contributed by atoms with Crippen LogP contribution in [0.2, 0.25) is 0 Å². The second-order valence-electron chi connectivity index (χ2n) is 3.21. The van der Waals surface area contributed by atoms with Gasteiger partial charge in [-0.2, -0.15) is 18.8 Å². The molecule has 5 N–H and O–H groups in total. The average molecular weight is 285 g/mol. The highest BCUT2D eigenvalue weighted by atomic mass is 32.2. The van der Waals surface area contributed by atoms with Gasteiger partial charge in [-0.25, -0.2) is 4.39 Å². The lowest BCUT2D eigenvalue weighted by atomic mass is 10.3.